The van der Waals surface area contributed by atoms with Crippen LogP contribution in [0, 0.1) is 9.39 Å². The van der Waals surface area contributed by atoms with Crippen molar-refractivity contribution >= 4 is 39.9 Å². The topological polar surface area (TPSA) is 55.1 Å². The maximum Gasteiger partial charge on any atom is 0.457 e. The van der Waals surface area contributed by atoms with E-state index < -0.39 is 79.5 Å². The third-order valence-electron chi connectivity index (χ3n) is 4.48. The van der Waals surface area contributed by atoms with E-state index in [1.165, 1.54) is 5.32 Å². The van der Waals surface area contributed by atoms with Crippen molar-refractivity contribution in [1.29, 1.82) is 0 Å². The molecule has 2 aromatic carbocycles. The monoisotopic (exact) mass is 642 g/mol. The highest BCUT2D eigenvalue weighted by atomic mass is 127. The van der Waals surface area contributed by atoms with Gasteiger partial charge in [-0.3, -0.25) is 4.79 Å². The number of alkyl halides is 12. The summed E-state index contributed by atoms with van der Waals surface area (Å²) in [5.74, 6) is -10.3. The minimum atomic E-state index is -7.22. The van der Waals surface area contributed by atoms with Crippen LogP contribution in [0.2, 0.25) is 0 Å². The van der Waals surface area contributed by atoms with Crippen LogP contribution in [0.4, 0.5) is 68.5 Å². The Morgan fingerprint density at radius 1 is 0.857 bits per heavy atom. The maximum absolute atomic E-state index is 14.7. The van der Waals surface area contributed by atoms with Crippen molar-refractivity contribution in [3.05, 3.63) is 56.4 Å². The lowest BCUT2D eigenvalue weighted by atomic mass is 9.86. The number of benzene rings is 2. The van der Waals surface area contributed by atoms with E-state index in [2.05, 4.69) is 0 Å². The van der Waals surface area contributed by atoms with E-state index in [1.54, 1.807) is 0 Å². The molecular weight excluding hydrogens is 634 g/mol. The van der Waals surface area contributed by atoms with Crippen LogP contribution < -0.4 is 11.1 Å². The lowest BCUT2D eigenvalue weighted by molar-refractivity contribution is -0.389. The number of rotatable bonds is 4. The summed E-state index contributed by atoms with van der Waals surface area (Å²) in [6.07, 6.45) is -20.0. The van der Waals surface area contributed by atoms with Crippen molar-refractivity contribution < 1.29 is 61.9 Å². The molecule has 35 heavy (non-hydrogen) atoms. The number of nitrogens with two attached hydrogens (primary N) is 1. The largest absolute Gasteiger partial charge is 0.457 e. The van der Waals surface area contributed by atoms with E-state index >= 15 is 0 Å². The van der Waals surface area contributed by atoms with E-state index in [4.69, 9.17) is 5.73 Å². The van der Waals surface area contributed by atoms with E-state index in [1.807, 2.05) is 0 Å². The summed E-state index contributed by atoms with van der Waals surface area (Å²) in [4.78, 5) is 12.3. The number of nitrogen functional groups attached to an aromatic ring is 1. The Balaban J connectivity index is 2.80. The Morgan fingerprint density at radius 3 is 1.86 bits per heavy atom. The van der Waals surface area contributed by atoms with Crippen LogP contribution in [0.3, 0.4) is 0 Å². The summed E-state index contributed by atoms with van der Waals surface area (Å²) >= 11 is 0.744. The molecule has 0 radical (unpaired) electrons. The molecule has 3 N–H and O–H groups in total. The van der Waals surface area contributed by atoms with Crippen molar-refractivity contribution in [3.63, 3.8) is 0 Å². The zero-order valence-electron chi connectivity index (χ0n) is 16.2. The highest BCUT2D eigenvalue weighted by molar-refractivity contribution is 14.1. The predicted octanol–water partition coefficient (Wildman–Crippen LogP) is 7.21. The highest BCUT2D eigenvalue weighted by Gasteiger charge is 2.81. The molecule has 1 unspecified atom stereocenters. The zero-order chi connectivity index (χ0) is 27.4. The van der Waals surface area contributed by atoms with Gasteiger partial charge in [0.15, 0.2) is 5.82 Å². The van der Waals surface area contributed by atoms with Crippen LogP contribution >= 0.6 is 22.6 Å². The molecular formula is C18H8F13IN2O. The fourth-order valence-electron chi connectivity index (χ4n) is 2.78. The first-order valence-electron chi connectivity index (χ1n) is 8.54. The van der Waals surface area contributed by atoms with Gasteiger partial charge in [0.1, 0.15) is 0 Å². The number of carbonyl (C=O) groups is 1. The van der Waals surface area contributed by atoms with Gasteiger partial charge < -0.3 is 11.1 Å². The fourth-order valence-corrected chi connectivity index (χ4v) is 3.54. The first-order chi connectivity index (χ1) is 15.6. The van der Waals surface area contributed by atoms with Gasteiger partial charge in [0.05, 0.1) is 22.5 Å². The van der Waals surface area contributed by atoms with Gasteiger partial charge in [-0.05, 0) is 46.9 Å². The second-order valence-corrected chi connectivity index (χ2v) is 7.93. The lowest BCUT2D eigenvalue weighted by Gasteiger charge is -2.36. The standard InChI is InChI=1S/C18H8F13IN2O/c19-11-7(2-1-3-10(11)33)13(35)34-12-8(15(21,22)23)4-6(5-9(12)32)14(20,17(26,27)28)16(24,25)18(29,30)31/h1-5H,33H2,(H,34,35). The third kappa shape index (κ3) is 4.95. The third-order valence-corrected chi connectivity index (χ3v) is 5.34. The van der Waals surface area contributed by atoms with Gasteiger partial charge in [0.2, 0.25) is 0 Å². The van der Waals surface area contributed by atoms with Gasteiger partial charge >= 0.3 is 30.1 Å². The second kappa shape index (κ2) is 8.88. The van der Waals surface area contributed by atoms with Crippen molar-refractivity contribution in [2.24, 2.45) is 0 Å². The maximum atomic E-state index is 14.7. The number of nitrogens with one attached hydrogen (secondary N) is 1. The van der Waals surface area contributed by atoms with Gasteiger partial charge in [-0.2, -0.15) is 48.3 Å². The second-order valence-electron chi connectivity index (χ2n) is 6.77. The van der Waals surface area contributed by atoms with E-state index in [9.17, 15) is 61.9 Å². The molecule has 0 aliphatic rings. The molecule has 1 atom stereocenters. The molecule has 1 amide bonds. The zero-order valence-corrected chi connectivity index (χ0v) is 18.3. The Labute approximate surface area is 199 Å². The van der Waals surface area contributed by atoms with Crippen LogP contribution in [0.25, 0.3) is 0 Å². The number of amides is 1. The minimum absolute atomic E-state index is 0.381. The van der Waals surface area contributed by atoms with Crippen LogP contribution in [0.15, 0.2) is 30.3 Å². The van der Waals surface area contributed by atoms with Gasteiger partial charge in [-0.15, -0.1) is 0 Å². The SMILES string of the molecule is Nc1cccc(C(=O)Nc2c(I)cc(C(F)(C(F)(F)F)C(F)(F)C(F)(F)F)cc2C(F)(F)F)c1F. The van der Waals surface area contributed by atoms with E-state index in [0.717, 1.165) is 40.8 Å². The summed E-state index contributed by atoms with van der Waals surface area (Å²) in [7, 11) is 0. The van der Waals surface area contributed by atoms with Crippen LogP contribution in [-0.2, 0) is 11.8 Å². The van der Waals surface area contributed by atoms with Gasteiger partial charge in [-0.25, -0.2) is 8.78 Å². The molecule has 0 aliphatic heterocycles. The summed E-state index contributed by atoms with van der Waals surface area (Å²) in [6, 6.07) is 1.39. The molecule has 2 aromatic rings. The normalized spacial score (nSPS) is 15.0. The summed E-state index contributed by atoms with van der Waals surface area (Å²) in [5.41, 5.74) is -9.63. The molecule has 0 fully saturated rings. The molecule has 0 aromatic heterocycles. The first-order valence-corrected chi connectivity index (χ1v) is 9.62. The number of hydrogen-bond donors (Lipinski definition) is 2. The van der Waals surface area contributed by atoms with E-state index in [0.29, 0.717) is 0 Å². The van der Waals surface area contributed by atoms with Crippen LogP contribution in [0.5, 0.6) is 0 Å². The molecule has 0 bridgehead atoms. The van der Waals surface area contributed by atoms with Gasteiger partial charge in [0, 0.05) is 9.13 Å². The highest BCUT2D eigenvalue weighted by Crippen LogP contribution is 2.59. The Kier molecular flexibility index (Phi) is 7.30. The van der Waals surface area contributed by atoms with E-state index in [-0.39, 0.29) is 6.07 Å². The molecule has 0 saturated carbocycles. The first kappa shape index (κ1) is 28.8. The van der Waals surface area contributed by atoms with Gasteiger partial charge in [0.25, 0.3) is 5.91 Å². The Bertz CT molecular complexity index is 1140. The molecule has 194 valence electrons. The van der Waals surface area contributed by atoms with Crippen molar-refractivity contribution in [3.8, 4) is 0 Å². The van der Waals surface area contributed by atoms with Crippen LogP contribution in [-0.4, -0.2) is 24.2 Å². The predicted molar refractivity (Wildman–Crippen MR) is 103 cm³/mol. The molecule has 0 spiro atoms. The number of hydrogen-bond acceptors (Lipinski definition) is 2. The molecule has 17 heteroatoms. The van der Waals surface area contributed by atoms with Crippen molar-refractivity contribution in [1.82, 2.24) is 0 Å². The van der Waals surface area contributed by atoms with Crippen molar-refractivity contribution in [2.75, 3.05) is 11.1 Å². The average molecular weight is 642 g/mol. The van der Waals surface area contributed by atoms with Crippen molar-refractivity contribution in [2.45, 2.75) is 30.1 Å². The quantitative estimate of drug-likeness (QED) is 0.211. The molecule has 0 saturated heterocycles. The summed E-state index contributed by atoms with van der Waals surface area (Å²) in [5, 5.41) is 1.48. The Morgan fingerprint density at radius 2 is 1.40 bits per heavy atom. The molecule has 2 rings (SSSR count). The molecule has 3 nitrogen and oxygen atoms in total. The smallest absolute Gasteiger partial charge is 0.396 e. The molecule has 0 aliphatic carbocycles. The summed E-state index contributed by atoms with van der Waals surface area (Å²) < 4.78 is 173. The summed E-state index contributed by atoms with van der Waals surface area (Å²) in [6.45, 7) is 0. The number of anilines is 2. The van der Waals surface area contributed by atoms with Crippen LogP contribution in [0.1, 0.15) is 21.5 Å². The number of halogens is 14. The molecule has 0 heterocycles. The lowest BCUT2D eigenvalue weighted by Crippen LogP contribution is -2.59. The number of carbonyl (C=O) groups excluding carboxylic acids is 1. The average Bonchev–Trinajstić information content (AvgIpc) is 2.67. The van der Waals surface area contributed by atoms with Gasteiger partial charge in [-0.1, -0.05) is 6.07 Å². The Hall–Kier alpha value is -2.47. The fraction of sp³-hybridized carbons (Fsp3) is 0.278. The minimum Gasteiger partial charge on any atom is -0.396 e.